The molecule has 21 heavy (non-hydrogen) atoms. The Labute approximate surface area is 132 Å². The van der Waals surface area contributed by atoms with Gasteiger partial charge in [-0.2, -0.15) is 18.4 Å². The third kappa shape index (κ3) is 3.24. The van der Waals surface area contributed by atoms with Crippen LogP contribution in [0.3, 0.4) is 0 Å². The molecule has 0 aliphatic carbocycles. The second-order valence-corrected chi connectivity index (χ2v) is 5.20. The van der Waals surface area contributed by atoms with Gasteiger partial charge in [0.15, 0.2) is 0 Å². The maximum atomic E-state index is 12.6. The van der Waals surface area contributed by atoms with Crippen molar-refractivity contribution in [2.45, 2.75) is 6.18 Å². The standard InChI is InChI=1S/C13H4Cl3F3N2/c14-6-3-8(15)12(9(16)4-6)7-1-2-11(13(17,18)19)21-10(7)5-20/h1-4H. The number of hydrogen-bond donors (Lipinski definition) is 0. The van der Waals surface area contributed by atoms with E-state index in [1.54, 1.807) is 6.07 Å². The zero-order valence-electron chi connectivity index (χ0n) is 9.97. The van der Waals surface area contributed by atoms with Crippen molar-refractivity contribution in [3.05, 3.63) is 50.7 Å². The average molecular weight is 352 g/mol. The highest BCUT2D eigenvalue weighted by Crippen LogP contribution is 2.39. The molecule has 2 nitrogen and oxygen atoms in total. The molecular weight excluding hydrogens is 348 g/mol. The number of halogens is 6. The highest BCUT2D eigenvalue weighted by molar-refractivity contribution is 6.41. The first-order valence-corrected chi connectivity index (χ1v) is 6.50. The topological polar surface area (TPSA) is 36.7 Å². The zero-order chi connectivity index (χ0) is 15.8. The van der Waals surface area contributed by atoms with Gasteiger partial charge in [0.05, 0.1) is 10.0 Å². The summed E-state index contributed by atoms with van der Waals surface area (Å²) in [6, 6.07) is 6.24. The van der Waals surface area contributed by atoms with Crippen LogP contribution in [0.25, 0.3) is 11.1 Å². The number of benzene rings is 1. The second-order valence-electron chi connectivity index (χ2n) is 3.95. The van der Waals surface area contributed by atoms with Gasteiger partial charge in [0, 0.05) is 16.1 Å². The predicted molar refractivity (Wildman–Crippen MR) is 74.4 cm³/mol. The molecule has 1 heterocycles. The number of hydrogen-bond acceptors (Lipinski definition) is 2. The van der Waals surface area contributed by atoms with E-state index in [2.05, 4.69) is 4.98 Å². The lowest BCUT2D eigenvalue weighted by atomic mass is 10.0. The molecule has 108 valence electrons. The Hall–Kier alpha value is -1.48. The molecule has 0 fully saturated rings. The first-order valence-electron chi connectivity index (χ1n) is 5.37. The fraction of sp³-hybridized carbons (Fsp3) is 0.0769. The summed E-state index contributed by atoms with van der Waals surface area (Å²) in [5.74, 6) is 0. The lowest BCUT2D eigenvalue weighted by Crippen LogP contribution is -2.09. The summed E-state index contributed by atoms with van der Waals surface area (Å²) in [5.41, 5.74) is -1.27. The van der Waals surface area contributed by atoms with Crippen molar-refractivity contribution in [3.63, 3.8) is 0 Å². The number of pyridine rings is 1. The van der Waals surface area contributed by atoms with Crippen LogP contribution < -0.4 is 0 Å². The highest BCUT2D eigenvalue weighted by atomic mass is 35.5. The molecule has 0 N–H and O–H groups in total. The van der Waals surface area contributed by atoms with Gasteiger partial charge < -0.3 is 0 Å². The molecule has 2 aromatic rings. The summed E-state index contributed by atoms with van der Waals surface area (Å²) in [5, 5.41) is 9.52. The normalized spacial score (nSPS) is 11.3. The van der Waals surface area contributed by atoms with Crippen LogP contribution in [0.4, 0.5) is 13.2 Å². The van der Waals surface area contributed by atoms with Crippen LogP contribution >= 0.6 is 34.8 Å². The highest BCUT2D eigenvalue weighted by Gasteiger charge is 2.33. The van der Waals surface area contributed by atoms with Crippen LogP contribution in [0.15, 0.2) is 24.3 Å². The van der Waals surface area contributed by atoms with E-state index >= 15 is 0 Å². The van der Waals surface area contributed by atoms with Gasteiger partial charge in [-0.05, 0) is 24.3 Å². The second kappa shape index (κ2) is 5.72. The molecule has 0 spiro atoms. The number of aromatic nitrogens is 1. The minimum atomic E-state index is -4.64. The van der Waals surface area contributed by atoms with Crippen LogP contribution in [0.5, 0.6) is 0 Å². The molecule has 0 saturated carbocycles. The monoisotopic (exact) mass is 350 g/mol. The summed E-state index contributed by atoms with van der Waals surface area (Å²) in [6.45, 7) is 0. The Bertz CT molecular complexity index is 728. The SMILES string of the molecule is N#Cc1nc(C(F)(F)F)ccc1-c1c(Cl)cc(Cl)cc1Cl. The third-order valence-electron chi connectivity index (χ3n) is 2.57. The van der Waals surface area contributed by atoms with Gasteiger partial charge in [0.2, 0.25) is 0 Å². The van der Waals surface area contributed by atoms with Crippen molar-refractivity contribution in [2.75, 3.05) is 0 Å². The van der Waals surface area contributed by atoms with Crippen LogP contribution in [0.2, 0.25) is 15.1 Å². The Morgan fingerprint density at radius 1 is 1.05 bits per heavy atom. The van der Waals surface area contributed by atoms with Crippen LogP contribution in [0.1, 0.15) is 11.4 Å². The number of nitriles is 1. The van der Waals surface area contributed by atoms with E-state index in [1.165, 1.54) is 12.1 Å². The molecule has 0 aliphatic heterocycles. The van der Waals surface area contributed by atoms with Gasteiger partial charge in [-0.3, -0.25) is 0 Å². The molecule has 0 radical (unpaired) electrons. The minimum Gasteiger partial charge on any atom is -0.232 e. The first kappa shape index (κ1) is 15.9. The lowest BCUT2D eigenvalue weighted by Gasteiger charge is -2.11. The van der Waals surface area contributed by atoms with Crippen molar-refractivity contribution >= 4 is 34.8 Å². The Balaban J connectivity index is 2.69. The lowest BCUT2D eigenvalue weighted by molar-refractivity contribution is -0.141. The van der Waals surface area contributed by atoms with Gasteiger partial charge in [-0.25, -0.2) is 4.98 Å². The fourth-order valence-corrected chi connectivity index (χ4v) is 2.72. The average Bonchev–Trinajstić information content (AvgIpc) is 2.36. The third-order valence-corrected chi connectivity index (χ3v) is 3.38. The number of nitrogens with zero attached hydrogens (tertiary/aromatic N) is 2. The van der Waals surface area contributed by atoms with Crippen LogP contribution in [0, 0.1) is 11.3 Å². The van der Waals surface area contributed by atoms with E-state index in [0.717, 1.165) is 12.1 Å². The Morgan fingerprint density at radius 2 is 1.62 bits per heavy atom. The first-order chi connectivity index (χ1) is 9.74. The predicted octanol–water partition coefficient (Wildman–Crippen LogP) is 5.60. The van der Waals surface area contributed by atoms with E-state index in [-0.39, 0.29) is 26.2 Å². The largest absolute Gasteiger partial charge is 0.433 e. The zero-order valence-corrected chi connectivity index (χ0v) is 12.2. The molecule has 2 rings (SSSR count). The molecule has 8 heteroatoms. The van der Waals surface area contributed by atoms with Crippen molar-refractivity contribution < 1.29 is 13.2 Å². The summed E-state index contributed by atoms with van der Waals surface area (Å²) in [4.78, 5) is 3.31. The fourth-order valence-electron chi connectivity index (χ4n) is 1.70. The molecule has 1 aromatic carbocycles. The number of rotatable bonds is 1. The molecule has 0 unspecified atom stereocenters. The molecule has 0 amide bonds. The van der Waals surface area contributed by atoms with Crippen molar-refractivity contribution in [1.82, 2.24) is 4.98 Å². The van der Waals surface area contributed by atoms with Crippen molar-refractivity contribution in [3.8, 4) is 17.2 Å². The summed E-state index contributed by atoms with van der Waals surface area (Å²) >= 11 is 17.8. The van der Waals surface area contributed by atoms with E-state index in [1.807, 2.05) is 0 Å². The van der Waals surface area contributed by atoms with E-state index in [0.29, 0.717) is 0 Å². The van der Waals surface area contributed by atoms with Crippen molar-refractivity contribution in [1.29, 1.82) is 5.26 Å². The quantitative estimate of drug-likeness (QED) is 0.670. The van der Waals surface area contributed by atoms with E-state index in [4.69, 9.17) is 40.1 Å². The number of alkyl halides is 3. The minimum absolute atomic E-state index is 0.108. The van der Waals surface area contributed by atoms with Crippen LogP contribution in [-0.2, 0) is 6.18 Å². The summed E-state index contributed by atoms with van der Waals surface area (Å²) < 4.78 is 37.8. The summed E-state index contributed by atoms with van der Waals surface area (Å²) in [7, 11) is 0. The Morgan fingerprint density at radius 3 is 2.10 bits per heavy atom. The molecular formula is C13H4Cl3F3N2. The van der Waals surface area contributed by atoms with Gasteiger partial charge in [0.25, 0.3) is 0 Å². The Kier molecular flexibility index (Phi) is 4.33. The van der Waals surface area contributed by atoms with Gasteiger partial charge in [-0.1, -0.05) is 34.8 Å². The molecule has 0 bridgehead atoms. The van der Waals surface area contributed by atoms with E-state index in [9.17, 15) is 13.2 Å². The molecule has 0 aliphatic rings. The van der Waals surface area contributed by atoms with Gasteiger partial charge >= 0.3 is 6.18 Å². The molecule has 0 saturated heterocycles. The van der Waals surface area contributed by atoms with Crippen molar-refractivity contribution in [2.24, 2.45) is 0 Å². The maximum absolute atomic E-state index is 12.6. The summed E-state index contributed by atoms with van der Waals surface area (Å²) in [6.07, 6.45) is -4.64. The smallest absolute Gasteiger partial charge is 0.232 e. The molecule has 0 atom stereocenters. The van der Waals surface area contributed by atoms with Gasteiger partial charge in [-0.15, -0.1) is 0 Å². The van der Waals surface area contributed by atoms with Gasteiger partial charge in [0.1, 0.15) is 17.5 Å². The maximum Gasteiger partial charge on any atom is 0.433 e. The van der Waals surface area contributed by atoms with Crippen LogP contribution in [-0.4, -0.2) is 4.98 Å². The molecule has 1 aromatic heterocycles. The van der Waals surface area contributed by atoms with E-state index < -0.39 is 17.6 Å².